The summed E-state index contributed by atoms with van der Waals surface area (Å²) in [6.45, 7) is 2.13. The molecule has 0 aromatic carbocycles. The maximum atomic E-state index is 5.02. The smallest absolute Gasteiger partial charge is 0.109 e. The molecule has 1 atom stereocenters. The molecule has 0 amide bonds. The summed E-state index contributed by atoms with van der Waals surface area (Å²) in [6.07, 6.45) is 2.64. The van der Waals surface area contributed by atoms with E-state index >= 15 is 0 Å². The van der Waals surface area contributed by atoms with Crippen molar-refractivity contribution in [3.63, 3.8) is 0 Å². The van der Waals surface area contributed by atoms with Gasteiger partial charge in [0.2, 0.25) is 0 Å². The molecule has 0 spiro atoms. The Kier molecular flexibility index (Phi) is 3.21. The maximum absolute atomic E-state index is 5.02. The zero-order valence-electron chi connectivity index (χ0n) is 5.64. The van der Waals surface area contributed by atoms with Crippen LogP contribution < -0.4 is 0 Å². The minimum atomic E-state index is 0.682. The van der Waals surface area contributed by atoms with Gasteiger partial charge in [-0.2, -0.15) is 0 Å². The van der Waals surface area contributed by atoms with Gasteiger partial charge in [-0.05, 0) is 26.4 Å². The number of halogens is 1. The van der Waals surface area contributed by atoms with Gasteiger partial charge >= 0.3 is 0 Å². The lowest BCUT2D eigenvalue weighted by Gasteiger charge is -2.16. The Morgan fingerprint density at radius 2 is 2.56 bits per heavy atom. The second-order valence-corrected chi connectivity index (χ2v) is 3.18. The molecule has 54 valence electrons. The molecule has 1 saturated heterocycles. The lowest BCUT2D eigenvalue weighted by Crippen LogP contribution is -2.28. The van der Waals surface area contributed by atoms with E-state index in [1.807, 2.05) is 23.0 Å². The molecular weight excluding hydrogens is 229 g/mol. The van der Waals surface area contributed by atoms with E-state index in [9.17, 15) is 0 Å². The summed E-state index contributed by atoms with van der Waals surface area (Å²) in [5.74, 6) is 0. The fourth-order valence-corrected chi connectivity index (χ4v) is 1.68. The van der Waals surface area contributed by atoms with Crippen molar-refractivity contribution in [2.24, 2.45) is 0 Å². The molecule has 9 heavy (non-hydrogen) atoms. The molecular formula is C6H12INO. The molecule has 0 radical (unpaired) electrons. The van der Waals surface area contributed by atoms with E-state index < -0.39 is 0 Å². The van der Waals surface area contributed by atoms with Crippen LogP contribution in [0.15, 0.2) is 0 Å². The molecule has 1 heterocycles. The van der Waals surface area contributed by atoms with Gasteiger partial charge in [-0.25, -0.2) is 0 Å². The van der Waals surface area contributed by atoms with Gasteiger partial charge in [0.1, 0.15) is 23.0 Å². The van der Waals surface area contributed by atoms with Crippen molar-refractivity contribution in [2.75, 3.05) is 20.2 Å². The predicted molar refractivity (Wildman–Crippen MR) is 45.6 cm³/mol. The molecule has 3 heteroatoms. The topological polar surface area (TPSA) is 12.5 Å². The van der Waals surface area contributed by atoms with Gasteiger partial charge in [-0.15, -0.1) is 0 Å². The van der Waals surface area contributed by atoms with Crippen molar-refractivity contribution >= 4 is 23.0 Å². The number of nitrogens with zero attached hydrogens (tertiary/aromatic N) is 1. The fourth-order valence-electron chi connectivity index (χ4n) is 1.26. The van der Waals surface area contributed by atoms with E-state index in [0.717, 1.165) is 6.61 Å². The first kappa shape index (κ1) is 7.75. The van der Waals surface area contributed by atoms with Gasteiger partial charge in [0.15, 0.2) is 0 Å². The first-order valence-corrected chi connectivity index (χ1v) is 4.16. The van der Waals surface area contributed by atoms with Crippen molar-refractivity contribution in [3.05, 3.63) is 0 Å². The van der Waals surface area contributed by atoms with Crippen LogP contribution in [0.3, 0.4) is 0 Å². The van der Waals surface area contributed by atoms with E-state index in [4.69, 9.17) is 3.07 Å². The second-order valence-electron chi connectivity index (χ2n) is 2.55. The normalized spacial score (nSPS) is 29.3. The minimum absolute atomic E-state index is 0.682. The highest BCUT2D eigenvalue weighted by Crippen LogP contribution is 2.15. The van der Waals surface area contributed by atoms with Crippen molar-refractivity contribution in [3.8, 4) is 0 Å². The van der Waals surface area contributed by atoms with E-state index in [2.05, 4.69) is 11.9 Å². The Hall–Kier alpha value is 0.650. The van der Waals surface area contributed by atoms with Crippen molar-refractivity contribution < 1.29 is 3.07 Å². The monoisotopic (exact) mass is 241 g/mol. The Bertz CT molecular complexity index is 89.1. The summed E-state index contributed by atoms with van der Waals surface area (Å²) in [5.41, 5.74) is 0. The Morgan fingerprint density at radius 3 is 3.00 bits per heavy atom. The van der Waals surface area contributed by atoms with Crippen LogP contribution in [0.5, 0.6) is 0 Å². The Labute approximate surface area is 70.2 Å². The van der Waals surface area contributed by atoms with Crippen molar-refractivity contribution in [1.29, 1.82) is 0 Å². The summed E-state index contributed by atoms with van der Waals surface area (Å²) in [6, 6.07) is 0.682. The maximum Gasteiger partial charge on any atom is 0.109 e. The zero-order chi connectivity index (χ0) is 6.69. The quantitative estimate of drug-likeness (QED) is 0.678. The number of rotatable bonds is 2. The molecule has 1 unspecified atom stereocenters. The molecule has 2 nitrogen and oxygen atoms in total. The molecule has 1 rings (SSSR count). The average molecular weight is 241 g/mol. The molecule has 0 aliphatic carbocycles. The van der Waals surface area contributed by atoms with Gasteiger partial charge in [0.05, 0.1) is 6.61 Å². The molecule has 0 bridgehead atoms. The minimum Gasteiger partial charge on any atom is -0.314 e. The van der Waals surface area contributed by atoms with Crippen LogP contribution in [0.1, 0.15) is 12.8 Å². The molecule has 0 N–H and O–H groups in total. The van der Waals surface area contributed by atoms with Gasteiger partial charge in [-0.1, -0.05) is 0 Å². The van der Waals surface area contributed by atoms with Crippen LogP contribution in [0.4, 0.5) is 0 Å². The Morgan fingerprint density at radius 1 is 1.78 bits per heavy atom. The largest absolute Gasteiger partial charge is 0.314 e. The van der Waals surface area contributed by atoms with Crippen LogP contribution in [0, 0.1) is 0 Å². The SMILES string of the molecule is CN1CCCC1COI. The van der Waals surface area contributed by atoms with Gasteiger partial charge in [-0.3, -0.25) is 0 Å². The van der Waals surface area contributed by atoms with E-state index in [1.54, 1.807) is 0 Å². The summed E-state index contributed by atoms with van der Waals surface area (Å²) in [7, 11) is 2.16. The second kappa shape index (κ2) is 3.73. The van der Waals surface area contributed by atoms with Gasteiger partial charge in [0, 0.05) is 6.04 Å². The lowest BCUT2D eigenvalue weighted by atomic mass is 10.2. The molecule has 0 saturated carbocycles. The van der Waals surface area contributed by atoms with Gasteiger partial charge in [0.25, 0.3) is 0 Å². The highest BCUT2D eigenvalue weighted by Gasteiger charge is 2.19. The highest BCUT2D eigenvalue weighted by atomic mass is 127. The van der Waals surface area contributed by atoms with Crippen molar-refractivity contribution in [1.82, 2.24) is 4.90 Å². The zero-order valence-corrected chi connectivity index (χ0v) is 7.80. The standard InChI is InChI=1S/C6H12INO/c1-8-4-2-3-6(8)5-9-7/h6H,2-5H2,1H3. The van der Waals surface area contributed by atoms with Gasteiger partial charge < -0.3 is 7.97 Å². The Balaban J connectivity index is 2.22. The average Bonchev–Trinajstić information content (AvgIpc) is 2.18. The van der Waals surface area contributed by atoms with Crippen molar-refractivity contribution in [2.45, 2.75) is 18.9 Å². The number of likely N-dealkylation sites (N-methyl/N-ethyl adjacent to an activating group) is 1. The van der Waals surface area contributed by atoms with Crippen LogP contribution in [0.25, 0.3) is 0 Å². The van der Waals surface area contributed by atoms with Crippen LogP contribution in [-0.4, -0.2) is 31.1 Å². The van der Waals surface area contributed by atoms with E-state index in [1.165, 1.54) is 19.4 Å². The molecule has 1 aliphatic heterocycles. The van der Waals surface area contributed by atoms with E-state index in [-0.39, 0.29) is 0 Å². The highest BCUT2D eigenvalue weighted by molar-refractivity contribution is 14.1. The molecule has 1 aliphatic rings. The third kappa shape index (κ3) is 2.05. The molecule has 1 fully saturated rings. The molecule has 0 aromatic heterocycles. The predicted octanol–water partition coefficient (Wildman–Crippen LogP) is 1.45. The van der Waals surface area contributed by atoms with E-state index in [0.29, 0.717) is 6.04 Å². The summed E-state index contributed by atoms with van der Waals surface area (Å²) < 4.78 is 5.02. The van der Waals surface area contributed by atoms with Crippen LogP contribution >= 0.6 is 23.0 Å². The number of likely N-dealkylation sites (tertiary alicyclic amines) is 1. The van der Waals surface area contributed by atoms with Crippen LogP contribution in [0.2, 0.25) is 0 Å². The summed E-state index contributed by atoms with van der Waals surface area (Å²) >= 11 is 1.96. The number of hydrogen-bond donors (Lipinski definition) is 0. The molecule has 0 aromatic rings. The number of hydrogen-bond acceptors (Lipinski definition) is 2. The third-order valence-electron chi connectivity index (χ3n) is 1.93. The first-order chi connectivity index (χ1) is 4.34. The lowest BCUT2D eigenvalue weighted by molar-refractivity contribution is 0.237. The van der Waals surface area contributed by atoms with Crippen LogP contribution in [-0.2, 0) is 3.07 Å². The first-order valence-electron chi connectivity index (χ1n) is 3.28. The summed E-state index contributed by atoms with van der Waals surface area (Å²) in [4.78, 5) is 2.36. The third-order valence-corrected chi connectivity index (χ3v) is 2.29. The fraction of sp³-hybridized carbons (Fsp3) is 1.00. The summed E-state index contributed by atoms with van der Waals surface area (Å²) in [5, 5.41) is 0.